The molecule has 1 fully saturated rings. The minimum absolute atomic E-state index is 0.0308. The number of amides is 2. The lowest BCUT2D eigenvalue weighted by Crippen LogP contribution is -2.52. The van der Waals surface area contributed by atoms with E-state index in [4.69, 9.17) is 11.6 Å². The molecule has 7 nitrogen and oxygen atoms in total. The molecule has 1 atom stereocenters. The van der Waals surface area contributed by atoms with E-state index in [-0.39, 0.29) is 34.1 Å². The highest BCUT2D eigenvalue weighted by Gasteiger charge is 2.34. The van der Waals surface area contributed by atoms with Crippen molar-refractivity contribution >= 4 is 55.1 Å². The quantitative estimate of drug-likeness (QED) is 0.307. The molecule has 0 bridgehead atoms. The number of hydrogen-bond donors (Lipinski definition) is 1. The number of anilines is 1. The monoisotopic (exact) mass is 631 g/mol. The second kappa shape index (κ2) is 13.0. The molecule has 3 aromatic carbocycles. The molecule has 1 aliphatic carbocycles. The van der Waals surface area contributed by atoms with E-state index in [1.54, 1.807) is 49.4 Å². The van der Waals surface area contributed by atoms with Crippen LogP contribution in [0.25, 0.3) is 0 Å². The third kappa shape index (κ3) is 7.21. The molecule has 0 aromatic heterocycles. The zero-order chi connectivity index (χ0) is 28.0. The van der Waals surface area contributed by atoms with Crippen LogP contribution in [0, 0.1) is 0 Å². The summed E-state index contributed by atoms with van der Waals surface area (Å²) in [6.45, 7) is 1.26. The van der Waals surface area contributed by atoms with Gasteiger partial charge >= 0.3 is 0 Å². The van der Waals surface area contributed by atoms with Gasteiger partial charge in [-0.25, -0.2) is 8.42 Å². The van der Waals surface area contributed by atoms with Crippen molar-refractivity contribution in [1.29, 1.82) is 0 Å². The van der Waals surface area contributed by atoms with Gasteiger partial charge in [0.25, 0.3) is 10.0 Å². The number of rotatable bonds is 10. The number of sulfonamides is 1. The molecule has 1 N–H and O–H groups in total. The van der Waals surface area contributed by atoms with Gasteiger partial charge in [-0.2, -0.15) is 0 Å². The standard InChI is InChI=1S/C29H31BrClN3O4S/c1-21(29(36)32-24-12-5-6-13-24)33(19-22-10-9-11-23(30)18-22)28(35)20-34(27-17-8-7-16-26(27)31)39(37,38)25-14-3-2-4-15-25/h2-4,7-11,14-18,21,24H,5-6,12-13,19-20H2,1H3,(H,32,36). The van der Waals surface area contributed by atoms with Crippen LogP contribution in [0.2, 0.25) is 5.02 Å². The Kier molecular flexibility index (Phi) is 9.69. The van der Waals surface area contributed by atoms with E-state index < -0.39 is 28.5 Å². The van der Waals surface area contributed by atoms with Crippen molar-refractivity contribution in [3.05, 3.63) is 93.9 Å². The van der Waals surface area contributed by atoms with Crippen LogP contribution in [0.1, 0.15) is 38.2 Å². The molecule has 1 unspecified atom stereocenters. The molecular weight excluding hydrogens is 602 g/mol. The Labute approximate surface area is 243 Å². The first-order chi connectivity index (χ1) is 18.7. The molecule has 0 saturated heterocycles. The minimum atomic E-state index is -4.16. The van der Waals surface area contributed by atoms with E-state index in [1.807, 2.05) is 24.3 Å². The Morgan fingerprint density at radius 2 is 1.67 bits per heavy atom. The topological polar surface area (TPSA) is 86.8 Å². The zero-order valence-electron chi connectivity index (χ0n) is 21.6. The van der Waals surface area contributed by atoms with Crippen LogP contribution in [0.15, 0.2) is 88.2 Å². The Morgan fingerprint density at radius 1 is 1.00 bits per heavy atom. The number of carbonyl (C=O) groups excluding carboxylic acids is 2. The molecule has 39 heavy (non-hydrogen) atoms. The fourth-order valence-electron chi connectivity index (χ4n) is 4.69. The highest BCUT2D eigenvalue weighted by Crippen LogP contribution is 2.31. The van der Waals surface area contributed by atoms with Gasteiger partial charge in [0.15, 0.2) is 0 Å². The Balaban J connectivity index is 1.69. The van der Waals surface area contributed by atoms with Gasteiger partial charge in [-0.1, -0.05) is 82.8 Å². The third-order valence-corrected chi connectivity index (χ3v) is 9.43. The van der Waals surface area contributed by atoms with Gasteiger partial charge in [0.05, 0.1) is 15.6 Å². The van der Waals surface area contributed by atoms with Crippen molar-refractivity contribution in [1.82, 2.24) is 10.2 Å². The predicted octanol–water partition coefficient (Wildman–Crippen LogP) is 5.77. The van der Waals surface area contributed by atoms with Crippen molar-refractivity contribution in [3.8, 4) is 0 Å². The first-order valence-electron chi connectivity index (χ1n) is 12.8. The Hall–Kier alpha value is -2.88. The minimum Gasteiger partial charge on any atom is -0.352 e. The van der Waals surface area contributed by atoms with Crippen molar-refractivity contribution < 1.29 is 18.0 Å². The number of nitrogens with one attached hydrogen (secondary N) is 1. The second-order valence-electron chi connectivity index (χ2n) is 9.59. The van der Waals surface area contributed by atoms with E-state index in [0.29, 0.717) is 0 Å². The van der Waals surface area contributed by atoms with Gasteiger partial charge in [-0.05, 0) is 61.7 Å². The average Bonchev–Trinajstić information content (AvgIpc) is 3.44. The summed E-state index contributed by atoms with van der Waals surface area (Å²) in [7, 11) is -4.16. The molecule has 1 aliphatic rings. The molecule has 0 aliphatic heterocycles. The maximum atomic E-state index is 14.0. The highest BCUT2D eigenvalue weighted by atomic mass is 79.9. The smallest absolute Gasteiger partial charge is 0.264 e. The maximum Gasteiger partial charge on any atom is 0.264 e. The van der Waals surface area contributed by atoms with E-state index in [1.165, 1.54) is 17.0 Å². The number of carbonyl (C=O) groups is 2. The number of benzene rings is 3. The van der Waals surface area contributed by atoms with Crippen LogP contribution in [-0.2, 0) is 26.2 Å². The molecule has 10 heteroatoms. The van der Waals surface area contributed by atoms with Crippen molar-refractivity contribution in [3.63, 3.8) is 0 Å². The first kappa shape index (κ1) is 29.1. The van der Waals surface area contributed by atoms with Crippen molar-refractivity contribution in [2.45, 2.75) is 56.1 Å². The highest BCUT2D eigenvalue weighted by molar-refractivity contribution is 9.10. The molecule has 0 radical (unpaired) electrons. The predicted molar refractivity (Wildman–Crippen MR) is 157 cm³/mol. The van der Waals surface area contributed by atoms with Gasteiger partial charge in [0.2, 0.25) is 11.8 Å². The summed E-state index contributed by atoms with van der Waals surface area (Å²) in [5, 5.41) is 3.26. The molecule has 2 amide bonds. The van der Waals surface area contributed by atoms with Gasteiger partial charge in [-0.3, -0.25) is 13.9 Å². The Bertz CT molecular complexity index is 1410. The summed E-state index contributed by atoms with van der Waals surface area (Å²) in [6, 6.07) is 21.1. The van der Waals surface area contributed by atoms with Gasteiger partial charge in [-0.15, -0.1) is 0 Å². The number of hydrogen-bond acceptors (Lipinski definition) is 4. The molecule has 3 aromatic rings. The maximum absolute atomic E-state index is 14.0. The van der Waals surface area contributed by atoms with E-state index in [9.17, 15) is 18.0 Å². The van der Waals surface area contributed by atoms with Crippen LogP contribution in [0.5, 0.6) is 0 Å². The molecule has 206 valence electrons. The van der Waals surface area contributed by atoms with Gasteiger partial charge < -0.3 is 10.2 Å². The number of halogens is 2. The summed E-state index contributed by atoms with van der Waals surface area (Å²) in [4.78, 5) is 28.7. The summed E-state index contributed by atoms with van der Waals surface area (Å²) in [5.74, 6) is -0.788. The molecule has 1 saturated carbocycles. The largest absolute Gasteiger partial charge is 0.352 e. The molecule has 4 rings (SSSR count). The summed E-state index contributed by atoms with van der Waals surface area (Å²) in [5.41, 5.74) is 0.982. The SMILES string of the molecule is CC(C(=O)NC1CCCC1)N(Cc1cccc(Br)c1)C(=O)CN(c1ccccc1Cl)S(=O)(=O)c1ccccc1. The first-order valence-corrected chi connectivity index (χ1v) is 15.4. The fourth-order valence-corrected chi connectivity index (χ4v) is 6.88. The van der Waals surface area contributed by atoms with Crippen LogP contribution in [-0.4, -0.2) is 43.8 Å². The second-order valence-corrected chi connectivity index (χ2v) is 12.8. The Morgan fingerprint density at radius 3 is 2.33 bits per heavy atom. The lowest BCUT2D eigenvalue weighted by molar-refractivity contribution is -0.139. The molecule has 0 heterocycles. The van der Waals surface area contributed by atoms with Crippen molar-refractivity contribution in [2.75, 3.05) is 10.8 Å². The number of nitrogens with zero attached hydrogens (tertiary/aromatic N) is 2. The summed E-state index contributed by atoms with van der Waals surface area (Å²) < 4.78 is 29.4. The molecule has 0 spiro atoms. The lowest BCUT2D eigenvalue weighted by atomic mass is 10.1. The third-order valence-electron chi connectivity index (χ3n) is 6.84. The van der Waals surface area contributed by atoms with Gasteiger partial charge in [0.1, 0.15) is 12.6 Å². The van der Waals surface area contributed by atoms with Crippen LogP contribution < -0.4 is 9.62 Å². The van der Waals surface area contributed by atoms with Crippen LogP contribution in [0.3, 0.4) is 0 Å². The number of para-hydroxylation sites is 1. The van der Waals surface area contributed by atoms with Gasteiger partial charge in [0, 0.05) is 17.1 Å². The normalized spacial score (nSPS) is 14.5. The summed E-state index contributed by atoms with van der Waals surface area (Å²) >= 11 is 9.89. The average molecular weight is 633 g/mol. The molecular formula is C29H31BrClN3O4S. The van der Waals surface area contributed by atoms with E-state index >= 15 is 0 Å². The van der Waals surface area contributed by atoms with Crippen molar-refractivity contribution in [2.24, 2.45) is 0 Å². The van der Waals surface area contributed by atoms with E-state index in [2.05, 4.69) is 21.2 Å². The van der Waals surface area contributed by atoms with E-state index in [0.717, 1.165) is 40.0 Å². The van der Waals surface area contributed by atoms with Crippen LogP contribution >= 0.6 is 27.5 Å². The zero-order valence-corrected chi connectivity index (χ0v) is 24.8. The fraction of sp³-hybridized carbons (Fsp3) is 0.310. The summed E-state index contributed by atoms with van der Waals surface area (Å²) in [6.07, 6.45) is 3.94. The van der Waals surface area contributed by atoms with Crippen LogP contribution in [0.4, 0.5) is 5.69 Å². The lowest BCUT2D eigenvalue weighted by Gasteiger charge is -2.32.